The van der Waals surface area contributed by atoms with E-state index in [0.717, 1.165) is 0 Å². The van der Waals surface area contributed by atoms with Crippen LogP contribution in [0.4, 0.5) is 0 Å². The molecule has 0 unspecified atom stereocenters. The summed E-state index contributed by atoms with van der Waals surface area (Å²) >= 11 is 8.25. The molecule has 0 aliphatic heterocycles. The summed E-state index contributed by atoms with van der Waals surface area (Å²) in [5.74, 6) is 0.383. The molecule has 4 nitrogen and oxygen atoms in total. The lowest BCUT2D eigenvalue weighted by atomic mass is 10.00. The molecule has 0 spiro atoms. The Kier molecular flexibility index (Phi) is 9.68. The quantitative estimate of drug-likeness (QED) is 0.466. The number of nitrogens with one attached hydrogen (secondary N) is 2. The van der Waals surface area contributed by atoms with Crippen LogP contribution in [0, 0.1) is 5.92 Å². The third-order valence-electron chi connectivity index (χ3n) is 2.41. The lowest BCUT2D eigenvalue weighted by Crippen LogP contribution is -2.41. The van der Waals surface area contributed by atoms with Crippen molar-refractivity contribution in [2.75, 3.05) is 24.6 Å². The largest absolute Gasteiger partial charge is 0.356 e. The Balaban J connectivity index is 4.35. The van der Waals surface area contributed by atoms with Crippen molar-refractivity contribution in [3.05, 3.63) is 0 Å². The van der Waals surface area contributed by atoms with Gasteiger partial charge < -0.3 is 10.6 Å². The van der Waals surface area contributed by atoms with Gasteiger partial charge in [0.2, 0.25) is 5.91 Å². The number of thiol groups is 2. The smallest absolute Gasteiger partial charge is 0.224 e. The summed E-state index contributed by atoms with van der Waals surface area (Å²) in [6.07, 6.45) is 0.216. The Labute approximate surface area is 114 Å². The number of carbonyl (C=O) groups is 2. The minimum Gasteiger partial charge on any atom is -0.356 e. The summed E-state index contributed by atoms with van der Waals surface area (Å²) in [5, 5.41) is 5.76. The van der Waals surface area contributed by atoms with Crippen molar-refractivity contribution >= 4 is 36.9 Å². The average Bonchev–Trinajstić information content (AvgIpc) is 2.32. The highest BCUT2D eigenvalue weighted by atomic mass is 32.1. The number of hydrogen-bond donors (Lipinski definition) is 4. The second kappa shape index (κ2) is 9.79. The Morgan fingerprint density at radius 1 is 1.12 bits per heavy atom. The summed E-state index contributed by atoms with van der Waals surface area (Å²) in [4.78, 5) is 23.5. The van der Waals surface area contributed by atoms with Crippen LogP contribution < -0.4 is 10.6 Å². The van der Waals surface area contributed by atoms with Gasteiger partial charge in [0, 0.05) is 24.5 Å². The van der Waals surface area contributed by atoms with Crippen molar-refractivity contribution in [3.8, 4) is 0 Å². The monoisotopic (exact) mass is 278 g/mol. The van der Waals surface area contributed by atoms with Crippen molar-refractivity contribution in [2.24, 2.45) is 5.92 Å². The van der Waals surface area contributed by atoms with Gasteiger partial charge in [-0.3, -0.25) is 9.59 Å². The van der Waals surface area contributed by atoms with Gasteiger partial charge in [-0.1, -0.05) is 6.92 Å². The molecule has 0 aromatic rings. The summed E-state index contributed by atoms with van der Waals surface area (Å²) < 4.78 is 0. The van der Waals surface area contributed by atoms with E-state index in [4.69, 9.17) is 0 Å². The van der Waals surface area contributed by atoms with Gasteiger partial charge in [0.25, 0.3) is 0 Å². The molecule has 0 saturated heterocycles. The highest BCUT2D eigenvalue weighted by molar-refractivity contribution is 7.80. The van der Waals surface area contributed by atoms with Crippen LogP contribution in [0.1, 0.15) is 20.3 Å². The van der Waals surface area contributed by atoms with E-state index >= 15 is 0 Å². The average molecular weight is 278 g/mol. The Morgan fingerprint density at radius 3 is 2.18 bits per heavy atom. The van der Waals surface area contributed by atoms with Crippen LogP contribution in [0.25, 0.3) is 0 Å². The molecule has 2 atom stereocenters. The Hall–Kier alpha value is -0.200. The van der Waals surface area contributed by atoms with Gasteiger partial charge in [-0.25, -0.2) is 0 Å². The molecule has 17 heavy (non-hydrogen) atoms. The van der Waals surface area contributed by atoms with Crippen molar-refractivity contribution < 1.29 is 9.59 Å². The zero-order valence-electron chi connectivity index (χ0n) is 10.4. The summed E-state index contributed by atoms with van der Waals surface area (Å²) in [5.41, 5.74) is 0. The molecule has 0 aromatic heterocycles. The first-order chi connectivity index (χ1) is 8.10. The summed E-state index contributed by atoms with van der Waals surface area (Å²) in [6.45, 7) is 5.07. The molecule has 100 valence electrons. The van der Waals surface area contributed by atoms with Crippen molar-refractivity contribution in [1.29, 1.82) is 0 Å². The van der Waals surface area contributed by atoms with E-state index in [1.54, 1.807) is 0 Å². The van der Waals surface area contributed by atoms with Gasteiger partial charge in [-0.15, -0.1) is 0 Å². The third-order valence-corrected chi connectivity index (χ3v) is 3.22. The van der Waals surface area contributed by atoms with Crippen molar-refractivity contribution in [1.82, 2.24) is 10.6 Å². The van der Waals surface area contributed by atoms with Gasteiger partial charge >= 0.3 is 0 Å². The van der Waals surface area contributed by atoms with E-state index in [1.165, 1.54) is 0 Å². The molecule has 2 N–H and O–H groups in total. The van der Waals surface area contributed by atoms with E-state index in [9.17, 15) is 9.59 Å². The first kappa shape index (κ1) is 16.8. The number of likely N-dealkylation sites (N-methyl/N-ethyl adjacent to an activating group) is 1. The normalized spacial score (nSPS) is 14.1. The van der Waals surface area contributed by atoms with Crippen LogP contribution in [0.15, 0.2) is 0 Å². The van der Waals surface area contributed by atoms with Gasteiger partial charge in [-0.05, 0) is 13.5 Å². The minimum absolute atomic E-state index is 0.0205. The van der Waals surface area contributed by atoms with Gasteiger partial charge in [0.1, 0.15) is 0 Å². The molecule has 0 radical (unpaired) electrons. The van der Waals surface area contributed by atoms with Crippen LogP contribution in [0.2, 0.25) is 0 Å². The molecular weight excluding hydrogens is 256 g/mol. The predicted molar refractivity (Wildman–Crippen MR) is 77.0 cm³/mol. The lowest BCUT2D eigenvalue weighted by molar-refractivity contribution is -0.129. The molecule has 0 bridgehead atoms. The molecular formula is C11H22N2O2S2. The predicted octanol–water partition coefficient (Wildman–Crippen LogP) is 0.536. The lowest BCUT2D eigenvalue weighted by Gasteiger charge is -2.18. The zero-order valence-corrected chi connectivity index (χ0v) is 12.2. The van der Waals surface area contributed by atoms with Crippen LogP contribution >= 0.6 is 25.3 Å². The van der Waals surface area contributed by atoms with E-state index in [-0.39, 0.29) is 30.1 Å². The minimum atomic E-state index is -0.355. The van der Waals surface area contributed by atoms with Crippen LogP contribution in [0.3, 0.4) is 0 Å². The van der Waals surface area contributed by atoms with Crippen LogP contribution in [-0.2, 0) is 9.59 Å². The SMILES string of the molecule is CCNC(=O)[C@H](CS)CC(=O)[C@@H](CS)NCC. The molecule has 0 saturated carbocycles. The second-order valence-electron chi connectivity index (χ2n) is 3.74. The summed E-state index contributed by atoms with van der Waals surface area (Å²) in [6, 6.07) is -0.278. The molecule has 6 heteroatoms. The zero-order chi connectivity index (χ0) is 13.3. The maximum Gasteiger partial charge on any atom is 0.224 e. The number of hydrogen-bond acceptors (Lipinski definition) is 5. The first-order valence-corrected chi connectivity index (χ1v) is 7.12. The molecule has 0 rings (SSSR count). The maximum atomic E-state index is 11.9. The van der Waals surface area contributed by atoms with Crippen LogP contribution in [-0.4, -0.2) is 42.3 Å². The third kappa shape index (κ3) is 6.33. The fourth-order valence-electron chi connectivity index (χ4n) is 1.47. The van der Waals surface area contributed by atoms with Gasteiger partial charge in [0.05, 0.1) is 12.0 Å². The van der Waals surface area contributed by atoms with E-state index in [2.05, 4.69) is 35.9 Å². The van der Waals surface area contributed by atoms with Gasteiger partial charge in [0.15, 0.2) is 5.78 Å². The number of ketones is 1. The molecule has 0 aromatic carbocycles. The molecule has 0 heterocycles. The highest BCUT2D eigenvalue weighted by Crippen LogP contribution is 2.09. The Bertz CT molecular complexity index is 250. The molecule has 0 aliphatic carbocycles. The van der Waals surface area contributed by atoms with Crippen molar-refractivity contribution in [3.63, 3.8) is 0 Å². The van der Waals surface area contributed by atoms with E-state index in [1.807, 2.05) is 13.8 Å². The fourth-order valence-corrected chi connectivity index (χ4v) is 2.10. The molecule has 1 amide bonds. The Morgan fingerprint density at radius 2 is 1.76 bits per heavy atom. The van der Waals surface area contributed by atoms with Gasteiger partial charge in [-0.2, -0.15) is 25.3 Å². The second-order valence-corrected chi connectivity index (χ2v) is 4.47. The molecule has 0 fully saturated rings. The fraction of sp³-hybridized carbons (Fsp3) is 0.818. The summed E-state index contributed by atoms with van der Waals surface area (Å²) in [7, 11) is 0. The number of carbonyl (C=O) groups excluding carboxylic acids is 2. The standard InChI is InChI=1S/C11H22N2O2S2/c1-3-12-9(7-17)10(14)5-8(6-16)11(15)13-4-2/h8-9,12,16-17H,3-7H2,1-2H3,(H,13,15)/t8-,9+/m0/s1. The van der Waals surface area contributed by atoms with E-state index < -0.39 is 0 Å². The number of Topliss-reactive ketones (excluding diaryl/α,β-unsaturated/α-hetero) is 1. The first-order valence-electron chi connectivity index (χ1n) is 5.86. The number of amides is 1. The van der Waals surface area contributed by atoms with Crippen molar-refractivity contribution in [2.45, 2.75) is 26.3 Å². The van der Waals surface area contributed by atoms with Crippen LogP contribution in [0.5, 0.6) is 0 Å². The maximum absolute atomic E-state index is 11.9. The highest BCUT2D eigenvalue weighted by Gasteiger charge is 2.24. The molecule has 0 aliphatic rings. The topological polar surface area (TPSA) is 58.2 Å². The van der Waals surface area contributed by atoms with E-state index in [0.29, 0.717) is 24.6 Å². The number of rotatable bonds is 9.